The molecule has 0 radical (unpaired) electrons. The maximum Gasteiger partial charge on any atom is 0.217 e. The highest BCUT2D eigenvalue weighted by Gasteiger charge is 2.50. The number of piperazine rings is 1. The number of nitroso groups, excluding NO2 is 1. The Morgan fingerprint density at radius 2 is 1.77 bits per heavy atom. The minimum absolute atomic E-state index is 0.0762. The van der Waals surface area contributed by atoms with Crippen LogP contribution in [0.15, 0.2) is 23.5 Å². The molecule has 0 amide bonds. The summed E-state index contributed by atoms with van der Waals surface area (Å²) in [6, 6.07) is 6.29. The predicted molar refractivity (Wildman–Crippen MR) is 96.8 cm³/mol. The molecule has 26 heavy (non-hydrogen) atoms. The van der Waals surface area contributed by atoms with Crippen LogP contribution in [0.3, 0.4) is 0 Å². The van der Waals surface area contributed by atoms with Crippen molar-refractivity contribution < 1.29 is 4.90 Å². The summed E-state index contributed by atoms with van der Waals surface area (Å²) in [7, 11) is 0. The number of nitrogens with zero attached hydrogens (tertiary/aromatic N) is 6. The van der Waals surface area contributed by atoms with Crippen molar-refractivity contribution >= 4 is 0 Å². The fourth-order valence-electron chi connectivity index (χ4n) is 4.81. The summed E-state index contributed by atoms with van der Waals surface area (Å²) in [5, 5.41) is 17.7. The molecule has 1 aromatic carbocycles. The molecule has 138 valence electrons. The highest BCUT2D eigenvalue weighted by Crippen LogP contribution is 2.36. The average molecular weight is 356 g/mol. The van der Waals surface area contributed by atoms with E-state index in [1.165, 1.54) is 28.9 Å². The minimum Gasteiger partial charge on any atom is -0.321 e. The van der Waals surface area contributed by atoms with Crippen LogP contribution in [0, 0.1) is 18.8 Å². The molecule has 2 aromatic rings. The van der Waals surface area contributed by atoms with Gasteiger partial charge in [0.05, 0.1) is 37.2 Å². The molecule has 1 N–H and O–H groups in total. The lowest BCUT2D eigenvalue weighted by Crippen LogP contribution is -3.21. The monoisotopic (exact) mass is 356 g/mol. The van der Waals surface area contributed by atoms with Crippen molar-refractivity contribution in [2.75, 3.05) is 26.2 Å². The van der Waals surface area contributed by atoms with Crippen molar-refractivity contribution in [3.8, 4) is 5.69 Å². The van der Waals surface area contributed by atoms with E-state index in [2.05, 4.69) is 52.9 Å². The second-order valence-corrected chi connectivity index (χ2v) is 7.58. The van der Waals surface area contributed by atoms with Gasteiger partial charge in [0.15, 0.2) is 5.54 Å². The minimum atomic E-state index is -0.0762. The Kier molecular flexibility index (Phi) is 4.44. The third kappa shape index (κ3) is 2.68. The van der Waals surface area contributed by atoms with Crippen molar-refractivity contribution in [1.82, 2.24) is 25.2 Å². The zero-order valence-electron chi connectivity index (χ0n) is 15.5. The van der Waals surface area contributed by atoms with Gasteiger partial charge in [-0.3, -0.25) is 0 Å². The van der Waals surface area contributed by atoms with Gasteiger partial charge in [-0.25, -0.2) is 5.01 Å². The molecule has 2 aliphatic rings. The molecule has 4 rings (SSSR count). The molecule has 1 aliphatic carbocycles. The molecule has 2 fully saturated rings. The lowest BCUT2D eigenvalue weighted by atomic mass is 9.92. The fourth-order valence-corrected chi connectivity index (χ4v) is 4.81. The van der Waals surface area contributed by atoms with E-state index in [0.717, 1.165) is 37.4 Å². The maximum absolute atomic E-state index is 10.8. The Bertz CT molecular complexity index is 768. The van der Waals surface area contributed by atoms with Crippen LogP contribution >= 0.6 is 0 Å². The first-order chi connectivity index (χ1) is 12.7. The van der Waals surface area contributed by atoms with Gasteiger partial charge >= 0.3 is 0 Å². The fraction of sp³-hybridized carbons (Fsp3) is 0.611. The van der Waals surface area contributed by atoms with Gasteiger partial charge in [0.2, 0.25) is 5.82 Å². The van der Waals surface area contributed by atoms with Crippen LogP contribution in [0.25, 0.3) is 5.69 Å². The van der Waals surface area contributed by atoms with Crippen molar-refractivity contribution in [3.63, 3.8) is 0 Å². The highest BCUT2D eigenvalue weighted by atomic mass is 16.3. The van der Waals surface area contributed by atoms with Crippen molar-refractivity contribution in [3.05, 3.63) is 40.1 Å². The van der Waals surface area contributed by atoms with Crippen LogP contribution in [-0.4, -0.2) is 51.4 Å². The molecule has 0 bridgehead atoms. The third-order valence-corrected chi connectivity index (χ3v) is 6.14. The van der Waals surface area contributed by atoms with E-state index >= 15 is 0 Å². The molecule has 1 saturated carbocycles. The number of tetrazole rings is 1. The van der Waals surface area contributed by atoms with Gasteiger partial charge < -0.3 is 4.90 Å². The van der Waals surface area contributed by atoms with E-state index in [1.807, 2.05) is 4.68 Å². The highest BCUT2D eigenvalue weighted by molar-refractivity contribution is 5.46. The van der Waals surface area contributed by atoms with Gasteiger partial charge in [0.25, 0.3) is 0 Å². The molecule has 0 atom stereocenters. The predicted octanol–water partition coefficient (Wildman–Crippen LogP) is 0.930. The molecule has 0 unspecified atom stereocenters. The molecule has 1 aliphatic heterocycles. The standard InChI is InChI=1S/C18H25N7O/c1-14-6-5-7-15(2)16(14)25-17(19-20-21-25)18(8-3-4-9-18)23-10-12-24(22-26)13-11-23/h5-7H,3-4,8-13H2,1-2H3/p+1. The topological polar surface area (TPSA) is 80.7 Å². The van der Waals surface area contributed by atoms with E-state index in [0.29, 0.717) is 13.1 Å². The molecular formula is C18H26N7O+. The van der Waals surface area contributed by atoms with Crippen molar-refractivity contribution in [2.45, 2.75) is 45.1 Å². The average Bonchev–Trinajstić information content (AvgIpc) is 3.32. The molecular weight excluding hydrogens is 330 g/mol. The zero-order chi connectivity index (χ0) is 18.1. The lowest BCUT2D eigenvalue weighted by molar-refractivity contribution is -0.965. The normalized spacial score (nSPS) is 20.5. The Balaban J connectivity index is 1.76. The summed E-state index contributed by atoms with van der Waals surface area (Å²) in [5.74, 6) is 0.968. The second-order valence-electron chi connectivity index (χ2n) is 7.58. The van der Waals surface area contributed by atoms with Gasteiger partial charge in [-0.2, -0.15) is 4.68 Å². The first kappa shape index (κ1) is 17.1. The number of hydrogen-bond donors (Lipinski definition) is 1. The number of para-hydroxylation sites is 1. The van der Waals surface area contributed by atoms with Crippen LogP contribution in [-0.2, 0) is 5.54 Å². The molecule has 1 saturated heterocycles. The largest absolute Gasteiger partial charge is 0.321 e. The number of rotatable bonds is 4. The van der Waals surface area contributed by atoms with Crippen LogP contribution in [0.5, 0.6) is 0 Å². The Morgan fingerprint density at radius 3 is 2.38 bits per heavy atom. The summed E-state index contributed by atoms with van der Waals surface area (Å²) < 4.78 is 1.97. The Labute approximate surface area is 153 Å². The van der Waals surface area contributed by atoms with Gasteiger partial charge in [0.1, 0.15) is 0 Å². The Hall–Kier alpha value is -2.35. The number of aromatic nitrogens is 4. The molecule has 1 aromatic heterocycles. The summed E-state index contributed by atoms with van der Waals surface area (Å²) >= 11 is 0. The molecule has 8 nitrogen and oxygen atoms in total. The quantitative estimate of drug-likeness (QED) is 0.825. The van der Waals surface area contributed by atoms with E-state index in [1.54, 1.807) is 5.01 Å². The Morgan fingerprint density at radius 1 is 1.12 bits per heavy atom. The number of hydrogen-bond acceptors (Lipinski definition) is 5. The molecule has 2 heterocycles. The second kappa shape index (κ2) is 6.75. The first-order valence-corrected chi connectivity index (χ1v) is 9.44. The summed E-state index contributed by atoms with van der Waals surface area (Å²) in [5.41, 5.74) is 3.37. The van der Waals surface area contributed by atoms with Gasteiger partial charge in [-0.1, -0.05) is 18.2 Å². The van der Waals surface area contributed by atoms with Gasteiger partial charge in [0, 0.05) is 12.8 Å². The van der Waals surface area contributed by atoms with Crippen LogP contribution in [0.1, 0.15) is 42.6 Å². The van der Waals surface area contributed by atoms with Crippen molar-refractivity contribution in [2.24, 2.45) is 5.29 Å². The van der Waals surface area contributed by atoms with E-state index in [4.69, 9.17) is 0 Å². The SMILES string of the molecule is Cc1cccc(C)c1-n1nnnc1C1([NH+]2CCN(N=O)CC2)CCCC1. The van der Waals surface area contributed by atoms with Crippen LogP contribution in [0.2, 0.25) is 0 Å². The van der Waals surface area contributed by atoms with Crippen molar-refractivity contribution in [1.29, 1.82) is 0 Å². The van der Waals surface area contributed by atoms with E-state index < -0.39 is 0 Å². The summed E-state index contributed by atoms with van der Waals surface area (Å²) in [4.78, 5) is 12.3. The smallest absolute Gasteiger partial charge is 0.217 e. The number of quaternary nitrogens is 1. The van der Waals surface area contributed by atoms with Crippen LogP contribution in [0.4, 0.5) is 0 Å². The van der Waals surface area contributed by atoms with Crippen LogP contribution < -0.4 is 4.90 Å². The van der Waals surface area contributed by atoms with E-state index in [-0.39, 0.29) is 5.54 Å². The number of benzene rings is 1. The third-order valence-electron chi connectivity index (χ3n) is 6.14. The van der Waals surface area contributed by atoms with Gasteiger partial charge in [-0.05, 0) is 48.2 Å². The molecule has 0 spiro atoms. The van der Waals surface area contributed by atoms with E-state index in [9.17, 15) is 4.91 Å². The number of nitrogens with one attached hydrogen (secondary N) is 1. The summed E-state index contributed by atoms with van der Waals surface area (Å²) in [6.07, 6.45) is 4.56. The number of aryl methyl sites for hydroxylation is 2. The zero-order valence-corrected chi connectivity index (χ0v) is 15.5. The molecule has 8 heteroatoms. The summed E-state index contributed by atoms with van der Waals surface area (Å²) in [6.45, 7) is 7.40. The van der Waals surface area contributed by atoms with Gasteiger partial charge in [-0.15, -0.1) is 10.0 Å². The lowest BCUT2D eigenvalue weighted by Gasteiger charge is -2.40. The maximum atomic E-state index is 10.8. The first-order valence-electron chi connectivity index (χ1n) is 9.44.